The highest BCUT2D eigenvalue weighted by Gasteiger charge is 2.40. The van der Waals surface area contributed by atoms with Crippen molar-refractivity contribution < 1.29 is 19.1 Å². The van der Waals surface area contributed by atoms with Crippen LogP contribution in [-0.2, 0) is 14.3 Å². The summed E-state index contributed by atoms with van der Waals surface area (Å²) in [6.07, 6.45) is 1.75. The molecule has 0 aliphatic heterocycles. The number of rotatable bonds is 4. The van der Waals surface area contributed by atoms with Crippen LogP contribution in [0.2, 0.25) is 0 Å². The number of hydrogen-bond donors (Lipinski definition) is 2. The molecule has 6 heteroatoms. The van der Waals surface area contributed by atoms with Crippen LogP contribution >= 0.6 is 0 Å². The van der Waals surface area contributed by atoms with Gasteiger partial charge < -0.3 is 20.5 Å². The highest BCUT2D eigenvalue weighted by Crippen LogP contribution is 2.34. The van der Waals surface area contributed by atoms with E-state index in [2.05, 4.69) is 5.32 Å². The molecular formula is C17H32N2O4. The minimum Gasteiger partial charge on any atom is -0.459 e. The van der Waals surface area contributed by atoms with E-state index in [4.69, 9.17) is 15.2 Å². The summed E-state index contributed by atoms with van der Waals surface area (Å²) >= 11 is 0. The summed E-state index contributed by atoms with van der Waals surface area (Å²) in [5, 5.41) is 2.84. The van der Waals surface area contributed by atoms with Crippen molar-refractivity contribution in [3.8, 4) is 0 Å². The Labute approximate surface area is 139 Å². The molecule has 3 N–H and O–H groups in total. The zero-order chi connectivity index (χ0) is 18.1. The maximum absolute atomic E-state index is 12.1. The Morgan fingerprint density at radius 2 is 1.48 bits per heavy atom. The van der Waals surface area contributed by atoms with Crippen molar-refractivity contribution in [2.45, 2.75) is 90.5 Å². The molecule has 0 aromatic rings. The van der Waals surface area contributed by atoms with Crippen LogP contribution in [0.25, 0.3) is 0 Å². The number of nitrogens with one attached hydrogen (secondary N) is 1. The van der Waals surface area contributed by atoms with Crippen molar-refractivity contribution in [3.63, 3.8) is 0 Å². The lowest BCUT2D eigenvalue weighted by molar-refractivity contribution is -0.162. The lowest BCUT2D eigenvalue weighted by Gasteiger charge is -2.40. The van der Waals surface area contributed by atoms with E-state index in [0.717, 1.165) is 12.8 Å². The second-order valence-corrected chi connectivity index (χ2v) is 8.80. The summed E-state index contributed by atoms with van der Waals surface area (Å²) in [7, 11) is 0. The highest BCUT2D eigenvalue weighted by atomic mass is 16.6. The van der Waals surface area contributed by atoms with Crippen LogP contribution in [0.5, 0.6) is 0 Å². The molecule has 0 bridgehead atoms. The van der Waals surface area contributed by atoms with Crippen LogP contribution in [0, 0.1) is 5.92 Å². The van der Waals surface area contributed by atoms with Gasteiger partial charge in [0.1, 0.15) is 16.7 Å². The van der Waals surface area contributed by atoms with Crippen LogP contribution in [0.4, 0.5) is 4.79 Å². The molecule has 0 spiro atoms. The molecule has 0 saturated heterocycles. The first-order valence-corrected chi connectivity index (χ1v) is 8.20. The highest BCUT2D eigenvalue weighted by molar-refractivity contribution is 5.80. The maximum Gasteiger partial charge on any atom is 0.407 e. The van der Waals surface area contributed by atoms with Crippen molar-refractivity contribution in [2.24, 2.45) is 11.7 Å². The van der Waals surface area contributed by atoms with Crippen molar-refractivity contribution in [3.05, 3.63) is 0 Å². The van der Waals surface area contributed by atoms with Gasteiger partial charge in [0.2, 0.25) is 0 Å². The third kappa shape index (κ3) is 7.20. The summed E-state index contributed by atoms with van der Waals surface area (Å²) in [5.41, 5.74) is 4.07. The van der Waals surface area contributed by atoms with Gasteiger partial charge in [0.05, 0.1) is 0 Å². The van der Waals surface area contributed by atoms with Crippen molar-refractivity contribution in [1.82, 2.24) is 5.32 Å². The first kappa shape index (κ1) is 19.7. The summed E-state index contributed by atoms with van der Waals surface area (Å²) in [4.78, 5) is 23.8. The molecular weight excluding hydrogens is 296 g/mol. The SMILES string of the molecule is CC(C)(C)OC(=O)N[C@H]1C[C@H](CC(C)(N)C(=O)OC(C)(C)C)C1. The third-order valence-electron chi connectivity index (χ3n) is 3.53. The molecule has 1 rings (SSSR count). The summed E-state index contributed by atoms with van der Waals surface area (Å²) in [5.74, 6) is -0.0778. The van der Waals surface area contributed by atoms with Gasteiger partial charge in [0.15, 0.2) is 0 Å². The van der Waals surface area contributed by atoms with Crippen molar-refractivity contribution >= 4 is 12.1 Å². The Hall–Kier alpha value is -1.30. The largest absolute Gasteiger partial charge is 0.459 e. The molecule has 1 atom stereocenters. The second kappa shape index (κ2) is 6.67. The van der Waals surface area contributed by atoms with Gasteiger partial charge in [-0.3, -0.25) is 4.79 Å². The van der Waals surface area contributed by atoms with Crippen LogP contribution in [0.15, 0.2) is 0 Å². The van der Waals surface area contributed by atoms with Crippen LogP contribution in [-0.4, -0.2) is 34.8 Å². The van der Waals surface area contributed by atoms with Crippen molar-refractivity contribution in [1.29, 1.82) is 0 Å². The lowest BCUT2D eigenvalue weighted by atomic mass is 9.73. The first-order chi connectivity index (χ1) is 10.2. The molecule has 0 aromatic carbocycles. The predicted molar refractivity (Wildman–Crippen MR) is 88.9 cm³/mol. The number of hydrogen-bond acceptors (Lipinski definition) is 5. The third-order valence-corrected chi connectivity index (χ3v) is 3.53. The van der Waals surface area contributed by atoms with Crippen LogP contribution in [0.1, 0.15) is 67.7 Å². The number of alkyl carbamates (subject to hydrolysis) is 1. The molecule has 1 unspecified atom stereocenters. The average Bonchev–Trinajstić information content (AvgIpc) is 2.20. The molecule has 6 nitrogen and oxygen atoms in total. The Balaban J connectivity index is 2.37. The normalized spacial score (nSPS) is 24.2. The van der Waals surface area contributed by atoms with E-state index in [9.17, 15) is 9.59 Å². The Morgan fingerprint density at radius 1 is 1.00 bits per heavy atom. The summed E-state index contributed by atoms with van der Waals surface area (Å²) < 4.78 is 10.6. The van der Waals surface area contributed by atoms with Crippen LogP contribution < -0.4 is 11.1 Å². The molecule has 1 aliphatic rings. The van der Waals surface area contributed by atoms with E-state index in [0.29, 0.717) is 12.3 Å². The molecule has 1 aliphatic carbocycles. The zero-order valence-electron chi connectivity index (χ0n) is 15.5. The fraction of sp³-hybridized carbons (Fsp3) is 0.882. The van der Waals surface area contributed by atoms with Gasteiger partial charge in [-0.15, -0.1) is 0 Å². The molecule has 0 heterocycles. The van der Waals surface area contributed by atoms with Crippen molar-refractivity contribution in [2.75, 3.05) is 0 Å². The minimum atomic E-state index is -1.01. The van der Waals surface area contributed by atoms with Gasteiger partial charge in [-0.1, -0.05) is 0 Å². The number of esters is 1. The van der Waals surface area contributed by atoms with Gasteiger partial charge in [-0.25, -0.2) is 4.79 Å². The first-order valence-electron chi connectivity index (χ1n) is 8.20. The van der Waals surface area contributed by atoms with E-state index in [-0.39, 0.29) is 12.0 Å². The number of carbonyl (C=O) groups is 2. The molecule has 1 saturated carbocycles. The Bertz CT molecular complexity index is 440. The summed E-state index contributed by atoms with van der Waals surface area (Å²) in [6, 6.07) is 0.0873. The predicted octanol–water partition coefficient (Wildman–Crippen LogP) is 2.74. The monoisotopic (exact) mass is 328 g/mol. The fourth-order valence-corrected chi connectivity index (χ4v) is 2.57. The van der Waals surface area contributed by atoms with E-state index in [1.54, 1.807) is 6.92 Å². The van der Waals surface area contributed by atoms with E-state index in [1.165, 1.54) is 0 Å². The maximum atomic E-state index is 12.1. The van der Waals surface area contributed by atoms with E-state index in [1.807, 2.05) is 41.5 Å². The fourth-order valence-electron chi connectivity index (χ4n) is 2.57. The number of ether oxygens (including phenoxy) is 2. The Morgan fingerprint density at radius 3 is 1.91 bits per heavy atom. The van der Waals surface area contributed by atoms with E-state index >= 15 is 0 Å². The second-order valence-electron chi connectivity index (χ2n) is 8.80. The molecule has 134 valence electrons. The Kier molecular flexibility index (Phi) is 5.73. The van der Waals surface area contributed by atoms with Gasteiger partial charge in [0.25, 0.3) is 0 Å². The van der Waals surface area contributed by atoms with Gasteiger partial charge in [-0.2, -0.15) is 0 Å². The zero-order valence-corrected chi connectivity index (χ0v) is 15.5. The topological polar surface area (TPSA) is 90.6 Å². The van der Waals surface area contributed by atoms with Gasteiger partial charge in [-0.05, 0) is 73.6 Å². The lowest BCUT2D eigenvalue weighted by Crippen LogP contribution is -2.53. The minimum absolute atomic E-state index is 0.0873. The summed E-state index contributed by atoms with van der Waals surface area (Å²) in [6.45, 7) is 12.7. The molecule has 23 heavy (non-hydrogen) atoms. The van der Waals surface area contributed by atoms with Crippen LogP contribution in [0.3, 0.4) is 0 Å². The number of nitrogens with two attached hydrogens (primary N) is 1. The quantitative estimate of drug-likeness (QED) is 0.774. The molecule has 0 radical (unpaired) electrons. The van der Waals surface area contributed by atoms with E-state index < -0.39 is 22.8 Å². The molecule has 1 fully saturated rings. The smallest absolute Gasteiger partial charge is 0.407 e. The number of amides is 1. The standard InChI is InChI=1S/C17H32N2O4/c1-15(2,3)22-13(20)17(7,18)10-11-8-12(9-11)19-14(21)23-16(4,5)6/h11-12H,8-10,18H2,1-7H3,(H,19,21)/t11-,12-,17?. The van der Waals surface area contributed by atoms with Gasteiger partial charge >= 0.3 is 12.1 Å². The average molecular weight is 328 g/mol. The molecule has 1 amide bonds. The number of carbonyl (C=O) groups excluding carboxylic acids is 2. The molecule has 0 aromatic heterocycles. The van der Waals surface area contributed by atoms with Gasteiger partial charge in [0, 0.05) is 6.04 Å².